The van der Waals surface area contributed by atoms with Gasteiger partial charge in [0.25, 0.3) is 0 Å². The van der Waals surface area contributed by atoms with Crippen LogP contribution in [-0.2, 0) is 11.8 Å². The van der Waals surface area contributed by atoms with Crippen LogP contribution in [0.5, 0.6) is 0 Å². The first-order valence-corrected chi connectivity index (χ1v) is 6.62. The molecule has 1 aromatic carbocycles. The van der Waals surface area contributed by atoms with Crippen LogP contribution in [0.3, 0.4) is 0 Å². The van der Waals surface area contributed by atoms with E-state index in [1.807, 2.05) is 30.3 Å². The molecule has 3 heteroatoms. The van der Waals surface area contributed by atoms with Gasteiger partial charge in [-0.3, -0.25) is 0 Å². The summed E-state index contributed by atoms with van der Waals surface area (Å²) in [6.07, 6.45) is 0.785. The maximum atomic E-state index is 9.75. The molecule has 0 spiro atoms. The first-order chi connectivity index (χ1) is 8.30. The van der Waals surface area contributed by atoms with Crippen LogP contribution in [0.1, 0.15) is 11.1 Å². The Morgan fingerprint density at radius 3 is 2.47 bits per heavy atom. The normalized spacial score (nSPS) is 14.5. The highest BCUT2D eigenvalue weighted by molar-refractivity contribution is 7.07. The summed E-state index contributed by atoms with van der Waals surface area (Å²) in [6, 6.07) is 12.1. The number of hydrogen-bond acceptors (Lipinski definition) is 3. The molecule has 0 fully saturated rings. The highest BCUT2D eigenvalue weighted by atomic mass is 32.1. The minimum Gasteiger partial charge on any atom is -0.395 e. The molecule has 17 heavy (non-hydrogen) atoms. The lowest BCUT2D eigenvalue weighted by molar-refractivity contribution is 0.196. The highest BCUT2D eigenvalue weighted by Crippen LogP contribution is 2.28. The fraction of sp³-hybridized carbons (Fsp3) is 0.286. The summed E-state index contributed by atoms with van der Waals surface area (Å²) in [5.74, 6) is 0. The van der Waals surface area contributed by atoms with Gasteiger partial charge in [-0.1, -0.05) is 30.3 Å². The van der Waals surface area contributed by atoms with Gasteiger partial charge in [-0.2, -0.15) is 11.3 Å². The molecule has 0 aliphatic heterocycles. The van der Waals surface area contributed by atoms with E-state index in [4.69, 9.17) is 5.73 Å². The molecule has 1 atom stereocenters. The largest absolute Gasteiger partial charge is 0.395 e. The Bertz CT molecular complexity index is 435. The molecule has 2 rings (SSSR count). The van der Waals surface area contributed by atoms with Gasteiger partial charge in [0.05, 0.1) is 6.61 Å². The van der Waals surface area contributed by atoms with Crippen LogP contribution in [0.4, 0.5) is 0 Å². The zero-order valence-electron chi connectivity index (χ0n) is 9.67. The van der Waals surface area contributed by atoms with E-state index < -0.39 is 0 Å². The zero-order valence-corrected chi connectivity index (χ0v) is 10.5. The number of thiophene rings is 1. The van der Waals surface area contributed by atoms with Crippen LogP contribution in [0.2, 0.25) is 0 Å². The van der Waals surface area contributed by atoms with E-state index in [9.17, 15) is 5.11 Å². The summed E-state index contributed by atoms with van der Waals surface area (Å²) in [6.45, 7) is 0.521. The molecule has 90 valence electrons. The van der Waals surface area contributed by atoms with Gasteiger partial charge in [0.2, 0.25) is 0 Å². The average molecular weight is 247 g/mol. The molecule has 2 nitrogen and oxygen atoms in total. The quantitative estimate of drug-likeness (QED) is 0.850. The number of benzene rings is 1. The predicted molar refractivity (Wildman–Crippen MR) is 72.3 cm³/mol. The molecule has 0 bridgehead atoms. The van der Waals surface area contributed by atoms with Crippen molar-refractivity contribution < 1.29 is 5.11 Å². The molecular weight excluding hydrogens is 230 g/mol. The molecule has 0 amide bonds. The third kappa shape index (κ3) is 2.57. The monoisotopic (exact) mass is 247 g/mol. The fourth-order valence-corrected chi connectivity index (χ4v) is 2.75. The number of aliphatic hydroxyl groups is 1. The van der Waals surface area contributed by atoms with E-state index in [1.165, 1.54) is 5.56 Å². The molecule has 0 saturated carbocycles. The van der Waals surface area contributed by atoms with Gasteiger partial charge in [0.1, 0.15) is 0 Å². The van der Waals surface area contributed by atoms with E-state index in [0.29, 0.717) is 6.54 Å². The van der Waals surface area contributed by atoms with Crippen molar-refractivity contribution in [3.8, 4) is 0 Å². The van der Waals surface area contributed by atoms with Crippen molar-refractivity contribution in [1.82, 2.24) is 0 Å². The van der Waals surface area contributed by atoms with Crippen LogP contribution >= 0.6 is 11.3 Å². The van der Waals surface area contributed by atoms with E-state index in [-0.39, 0.29) is 12.0 Å². The Morgan fingerprint density at radius 2 is 1.94 bits per heavy atom. The van der Waals surface area contributed by atoms with Crippen molar-refractivity contribution in [3.63, 3.8) is 0 Å². The third-order valence-corrected chi connectivity index (χ3v) is 3.93. The van der Waals surface area contributed by atoms with Gasteiger partial charge >= 0.3 is 0 Å². The standard InChI is InChI=1S/C14H17NOS/c15-10-14(11-16,8-12-6-7-17-9-12)13-4-2-1-3-5-13/h1-7,9,16H,8,10-11,15H2. The number of aliphatic hydroxyl groups excluding tert-OH is 1. The van der Waals surface area contributed by atoms with Gasteiger partial charge in [0, 0.05) is 12.0 Å². The van der Waals surface area contributed by atoms with Crippen molar-refractivity contribution in [2.45, 2.75) is 11.8 Å². The van der Waals surface area contributed by atoms with Crippen molar-refractivity contribution in [1.29, 1.82) is 0 Å². The first-order valence-electron chi connectivity index (χ1n) is 5.68. The second-order valence-corrected chi connectivity index (χ2v) is 5.10. The van der Waals surface area contributed by atoms with Crippen molar-refractivity contribution in [2.75, 3.05) is 13.2 Å². The molecular formula is C14H17NOS. The average Bonchev–Trinajstić information content (AvgIpc) is 2.90. The minimum absolute atomic E-state index is 0.0728. The predicted octanol–water partition coefficient (Wildman–Crippen LogP) is 2.18. The lowest BCUT2D eigenvalue weighted by Crippen LogP contribution is -2.40. The summed E-state index contributed by atoms with van der Waals surface area (Å²) < 4.78 is 0. The Hall–Kier alpha value is -1.16. The smallest absolute Gasteiger partial charge is 0.0543 e. The van der Waals surface area contributed by atoms with E-state index >= 15 is 0 Å². The van der Waals surface area contributed by atoms with Crippen LogP contribution in [0, 0.1) is 0 Å². The number of rotatable bonds is 5. The molecule has 0 aliphatic carbocycles. The molecule has 3 N–H and O–H groups in total. The molecule has 1 aromatic heterocycles. The van der Waals surface area contributed by atoms with Crippen molar-refractivity contribution in [3.05, 3.63) is 58.3 Å². The lowest BCUT2D eigenvalue weighted by atomic mass is 9.77. The Morgan fingerprint density at radius 1 is 1.18 bits per heavy atom. The second kappa shape index (κ2) is 5.45. The zero-order chi connectivity index (χ0) is 12.1. The summed E-state index contributed by atoms with van der Waals surface area (Å²) >= 11 is 1.67. The number of hydrogen-bond donors (Lipinski definition) is 2. The van der Waals surface area contributed by atoms with Gasteiger partial charge in [0.15, 0.2) is 0 Å². The molecule has 1 heterocycles. The molecule has 2 aromatic rings. The van der Waals surface area contributed by atoms with Gasteiger partial charge in [-0.15, -0.1) is 0 Å². The van der Waals surface area contributed by atoms with Crippen LogP contribution in [-0.4, -0.2) is 18.3 Å². The summed E-state index contributed by atoms with van der Waals surface area (Å²) in [7, 11) is 0. The SMILES string of the molecule is NCC(CO)(Cc1ccsc1)c1ccccc1. The highest BCUT2D eigenvalue weighted by Gasteiger charge is 2.30. The van der Waals surface area contributed by atoms with Gasteiger partial charge < -0.3 is 10.8 Å². The van der Waals surface area contributed by atoms with Crippen LogP contribution in [0.25, 0.3) is 0 Å². The number of nitrogens with two attached hydrogens (primary N) is 1. The summed E-state index contributed by atoms with van der Waals surface area (Å²) in [5, 5.41) is 13.9. The van der Waals surface area contributed by atoms with Crippen molar-refractivity contribution >= 4 is 11.3 Å². The molecule has 1 unspecified atom stereocenters. The van der Waals surface area contributed by atoms with E-state index in [1.54, 1.807) is 11.3 Å². The maximum absolute atomic E-state index is 9.75. The second-order valence-electron chi connectivity index (χ2n) is 4.32. The summed E-state index contributed by atoms with van der Waals surface area (Å²) in [5.41, 5.74) is 7.89. The van der Waals surface area contributed by atoms with E-state index in [2.05, 4.69) is 16.8 Å². The Balaban J connectivity index is 2.32. The molecule has 0 aliphatic rings. The topological polar surface area (TPSA) is 46.2 Å². The van der Waals surface area contributed by atoms with Gasteiger partial charge in [-0.05, 0) is 34.4 Å². The first kappa shape index (κ1) is 12.3. The van der Waals surface area contributed by atoms with E-state index in [0.717, 1.165) is 12.0 Å². The summed E-state index contributed by atoms with van der Waals surface area (Å²) in [4.78, 5) is 0. The third-order valence-electron chi connectivity index (χ3n) is 3.20. The van der Waals surface area contributed by atoms with Gasteiger partial charge in [-0.25, -0.2) is 0 Å². The van der Waals surface area contributed by atoms with Crippen molar-refractivity contribution in [2.24, 2.45) is 5.73 Å². The minimum atomic E-state index is -0.359. The Kier molecular flexibility index (Phi) is 3.94. The van der Waals surface area contributed by atoms with Crippen LogP contribution in [0.15, 0.2) is 47.2 Å². The fourth-order valence-electron chi connectivity index (χ4n) is 2.08. The maximum Gasteiger partial charge on any atom is 0.0543 e. The molecule has 0 radical (unpaired) electrons. The van der Waals surface area contributed by atoms with Crippen LogP contribution < -0.4 is 5.73 Å². The Labute approximate surface area is 106 Å². The molecule has 0 saturated heterocycles. The lowest BCUT2D eigenvalue weighted by Gasteiger charge is -2.31.